The van der Waals surface area contributed by atoms with Crippen LogP contribution in [0.5, 0.6) is 5.75 Å². The SMILES string of the molecule is COc1ccc(Cl)c(C(=O)NCCN(O)C=O)c1. The Hall–Kier alpha value is -1.79. The second kappa shape index (κ2) is 6.83. The zero-order valence-electron chi connectivity index (χ0n) is 9.72. The molecule has 1 aromatic rings. The number of methoxy groups -OCH3 is 1. The molecule has 2 amide bonds. The lowest BCUT2D eigenvalue weighted by molar-refractivity contribution is -0.149. The molecule has 6 nitrogen and oxygen atoms in total. The summed E-state index contributed by atoms with van der Waals surface area (Å²) in [5.41, 5.74) is 0.270. The minimum atomic E-state index is -0.404. The second-order valence-corrected chi connectivity index (χ2v) is 3.78. The molecule has 18 heavy (non-hydrogen) atoms. The second-order valence-electron chi connectivity index (χ2n) is 3.37. The number of hydroxylamine groups is 2. The zero-order valence-corrected chi connectivity index (χ0v) is 10.5. The fraction of sp³-hybridized carbons (Fsp3) is 0.273. The first-order valence-electron chi connectivity index (χ1n) is 5.11. The van der Waals surface area contributed by atoms with Crippen LogP contribution in [0, 0.1) is 0 Å². The first-order valence-corrected chi connectivity index (χ1v) is 5.49. The van der Waals surface area contributed by atoms with Gasteiger partial charge in [0.2, 0.25) is 6.41 Å². The number of hydrogen-bond acceptors (Lipinski definition) is 4. The third kappa shape index (κ3) is 3.90. The third-order valence-electron chi connectivity index (χ3n) is 2.17. The van der Waals surface area contributed by atoms with Crippen molar-refractivity contribution in [3.05, 3.63) is 28.8 Å². The van der Waals surface area contributed by atoms with Gasteiger partial charge in [-0.15, -0.1) is 0 Å². The topological polar surface area (TPSA) is 78.9 Å². The molecule has 98 valence electrons. The quantitative estimate of drug-likeness (QED) is 0.459. The van der Waals surface area contributed by atoms with Crippen LogP contribution < -0.4 is 10.1 Å². The lowest BCUT2D eigenvalue weighted by Gasteiger charge is -2.10. The summed E-state index contributed by atoms with van der Waals surface area (Å²) in [6, 6.07) is 4.70. The van der Waals surface area contributed by atoms with Gasteiger partial charge in [-0.1, -0.05) is 11.6 Å². The van der Waals surface area contributed by atoms with Crippen LogP contribution in [-0.4, -0.2) is 42.8 Å². The van der Waals surface area contributed by atoms with Crippen molar-refractivity contribution in [2.75, 3.05) is 20.2 Å². The van der Waals surface area contributed by atoms with Gasteiger partial charge < -0.3 is 10.1 Å². The van der Waals surface area contributed by atoms with Gasteiger partial charge in [0.25, 0.3) is 5.91 Å². The Morgan fingerprint density at radius 3 is 2.94 bits per heavy atom. The maximum atomic E-state index is 11.8. The highest BCUT2D eigenvalue weighted by molar-refractivity contribution is 6.33. The van der Waals surface area contributed by atoms with E-state index in [4.69, 9.17) is 21.5 Å². The smallest absolute Gasteiger partial charge is 0.252 e. The number of carbonyl (C=O) groups is 2. The summed E-state index contributed by atoms with van der Waals surface area (Å²) in [6.07, 6.45) is 0.255. The van der Waals surface area contributed by atoms with E-state index in [1.165, 1.54) is 13.2 Å². The molecular weight excluding hydrogens is 260 g/mol. The molecule has 0 aliphatic heterocycles. The maximum Gasteiger partial charge on any atom is 0.252 e. The van der Waals surface area contributed by atoms with E-state index >= 15 is 0 Å². The summed E-state index contributed by atoms with van der Waals surface area (Å²) in [7, 11) is 1.48. The van der Waals surface area contributed by atoms with Crippen molar-refractivity contribution in [3.63, 3.8) is 0 Å². The number of hydrogen-bond donors (Lipinski definition) is 2. The largest absolute Gasteiger partial charge is 0.497 e. The van der Waals surface area contributed by atoms with Gasteiger partial charge >= 0.3 is 0 Å². The number of nitrogens with zero attached hydrogens (tertiary/aromatic N) is 1. The van der Waals surface area contributed by atoms with E-state index in [1.807, 2.05) is 0 Å². The summed E-state index contributed by atoms with van der Waals surface area (Å²) in [6.45, 7) is 0.110. The van der Waals surface area contributed by atoms with E-state index < -0.39 is 5.91 Å². The van der Waals surface area contributed by atoms with Crippen molar-refractivity contribution in [2.24, 2.45) is 0 Å². The van der Waals surface area contributed by atoms with E-state index in [0.717, 1.165) is 0 Å². The molecule has 0 aliphatic carbocycles. The van der Waals surface area contributed by atoms with Crippen molar-refractivity contribution in [3.8, 4) is 5.75 Å². The molecule has 2 N–H and O–H groups in total. The number of nitrogens with one attached hydrogen (secondary N) is 1. The molecule has 0 saturated heterocycles. The predicted octanol–water partition coefficient (Wildman–Crippen LogP) is 0.926. The molecule has 0 bridgehead atoms. The summed E-state index contributed by atoms with van der Waals surface area (Å²) < 4.78 is 4.99. The van der Waals surface area contributed by atoms with Gasteiger partial charge in [-0.05, 0) is 18.2 Å². The maximum absolute atomic E-state index is 11.8. The van der Waals surface area contributed by atoms with Crippen LogP contribution in [0.15, 0.2) is 18.2 Å². The molecule has 0 fully saturated rings. The highest BCUT2D eigenvalue weighted by Crippen LogP contribution is 2.21. The van der Waals surface area contributed by atoms with Gasteiger partial charge in [0.15, 0.2) is 0 Å². The van der Waals surface area contributed by atoms with Crippen LogP contribution in [0.2, 0.25) is 5.02 Å². The Bertz CT molecular complexity index is 439. The Labute approximate surface area is 109 Å². The van der Waals surface area contributed by atoms with Crippen LogP contribution in [0.4, 0.5) is 0 Å². The average molecular weight is 273 g/mol. The Morgan fingerprint density at radius 2 is 2.33 bits per heavy atom. The van der Waals surface area contributed by atoms with Crippen LogP contribution in [0.3, 0.4) is 0 Å². The molecule has 1 aromatic carbocycles. The van der Waals surface area contributed by atoms with Crippen molar-refractivity contribution in [2.45, 2.75) is 0 Å². The van der Waals surface area contributed by atoms with Crippen LogP contribution >= 0.6 is 11.6 Å². The summed E-state index contributed by atoms with van der Waals surface area (Å²) in [5.74, 6) is 0.111. The standard InChI is InChI=1S/C11H13ClN2O4/c1-18-8-2-3-10(12)9(6-8)11(16)13-4-5-14(17)7-15/h2-3,6-7,17H,4-5H2,1H3,(H,13,16). The van der Waals surface area contributed by atoms with Crippen molar-refractivity contribution >= 4 is 23.9 Å². The number of ether oxygens (including phenoxy) is 1. The van der Waals surface area contributed by atoms with Gasteiger partial charge in [-0.25, -0.2) is 5.06 Å². The van der Waals surface area contributed by atoms with Crippen LogP contribution in [0.1, 0.15) is 10.4 Å². The fourth-order valence-corrected chi connectivity index (χ4v) is 1.44. The Balaban J connectivity index is 2.63. The highest BCUT2D eigenvalue weighted by Gasteiger charge is 2.11. The van der Waals surface area contributed by atoms with E-state index in [1.54, 1.807) is 12.1 Å². The number of carbonyl (C=O) groups excluding carboxylic acids is 2. The molecule has 0 aromatic heterocycles. The van der Waals surface area contributed by atoms with E-state index in [-0.39, 0.29) is 25.1 Å². The summed E-state index contributed by atoms with van der Waals surface area (Å²) in [4.78, 5) is 21.9. The molecule has 0 radical (unpaired) electrons. The Kier molecular flexibility index (Phi) is 5.41. The molecule has 7 heteroatoms. The molecule has 0 saturated carbocycles. The fourth-order valence-electron chi connectivity index (χ4n) is 1.24. The van der Waals surface area contributed by atoms with Crippen LogP contribution in [0.25, 0.3) is 0 Å². The minimum absolute atomic E-state index is 0.00315. The monoisotopic (exact) mass is 272 g/mol. The number of rotatable bonds is 6. The molecule has 0 atom stereocenters. The van der Waals surface area contributed by atoms with Gasteiger partial charge in [0, 0.05) is 6.54 Å². The average Bonchev–Trinajstić information content (AvgIpc) is 2.38. The van der Waals surface area contributed by atoms with Crippen molar-refractivity contribution in [1.82, 2.24) is 10.4 Å². The molecule has 0 spiro atoms. The van der Waals surface area contributed by atoms with Gasteiger partial charge in [-0.2, -0.15) is 0 Å². The number of amides is 2. The zero-order chi connectivity index (χ0) is 13.5. The molecular formula is C11H13ClN2O4. The first-order chi connectivity index (χ1) is 8.58. The lowest BCUT2D eigenvalue weighted by Crippen LogP contribution is -2.32. The molecule has 0 unspecified atom stereocenters. The first kappa shape index (κ1) is 14.3. The highest BCUT2D eigenvalue weighted by atomic mass is 35.5. The van der Waals surface area contributed by atoms with Gasteiger partial charge in [0.05, 0.1) is 24.2 Å². The summed E-state index contributed by atoms with van der Waals surface area (Å²) >= 11 is 5.88. The predicted molar refractivity (Wildman–Crippen MR) is 64.9 cm³/mol. The van der Waals surface area contributed by atoms with Crippen LogP contribution in [-0.2, 0) is 4.79 Å². The normalized spacial score (nSPS) is 9.72. The van der Waals surface area contributed by atoms with Gasteiger partial charge in [0.1, 0.15) is 5.75 Å². The molecule has 1 rings (SSSR count). The van der Waals surface area contributed by atoms with E-state index in [0.29, 0.717) is 15.8 Å². The molecule has 0 aliphatic rings. The number of benzene rings is 1. The molecule has 0 heterocycles. The lowest BCUT2D eigenvalue weighted by atomic mass is 10.2. The Morgan fingerprint density at radius 1 is 1.61 bits per heavy atom. The van der Waals surface area contributed by atoms with E-state index in [2.05, 4.69) is 5.32 Å². The van der Waals surface area contributed by atoms with Crippen molar-refractivity contribution in [1.29, 1.82) is 0 Å². The minimum Gasteiger partial charge on any atom is -0.497 e. The van der Waals surface area contributed by atoms with E-state index in [9.17, 15) is 9.59 Å². The third-order valence-corrected chi connectivity index (χ3v) is 2.50. The van der Waals surface area contributed by atoms with Gasteiger partial charge in [-0.3, -0.25) is 14.8 Å². The summed E-state index contributed by atoms with van der Waals surface area (Å²) in [5, 5.41) is 12.1. The number of halogens is 1. The van der Waals surface area contributed by atoms with Crippen molar-refractivity contribution < 1.29 is 19.5 Å².